The average Bonchev–Trinajstić information content (AvgIpc) is 2.45. The van der Waals surface area contributed by atoms with E-state index in [-0.39, 0.29) is 17.0 Å². The predicted octanol–water partition coefficient (Wildman–Crippen LogP) is 2.79. The molecule has 0 bridgehead atoms. The van der Waals surface area contributed by atoms with Crippen molar-refractivity contribution in [3.05, 3.63) is 0 Å². The molecule has 2 heteroatoms. The lowest BCUT2D eigenvalue weighted by molar-refractivity contribution is -0.925. The van der Waals surface area contributed by atoms with Gasteiger partial charge in [0.2, 0.25) is 0 Å². The number of hydrogen-bond acceptors (Lipinski definition) is 0. The molecule has 0 aromatic heterocycles. The molecule has 124 valence electrons. The van der Waals surface area contributed by atoms with E-state index >= 15 is 0 Å². The van der Waals surface area contributed by atoms with Crippen molar-refractivity contribution >= 4 is 0 Å². The average molecular weight is 350 g/mol. The number of rotatable bonds is 14. The Labute approximate surface area is 139 Å². The topological polar surface area (TPSA) is 0 Å². The molecule has 0 saturated heterocycles. The fourth-order valence-corrected chi connectivity index (χ4v) is 3.07. The van der Waals surface area contributed by atoms with Crippen LogP contribution < -0.4 is 17.0 Å². The van der Waals surface area contributed by atoms with Crippen molar-refractivity contribution in [3.63, 3.8) is 0 Å². The van der Waals surface area contributed by atoms with Crippen molar-refractivity contribution in [3.8, 4) is 0 Å². The summed E-state index contributed by atoms with van der Waals surface area (Å²) in [6, 6.07) is 0. The van der Waals surface area contributed by atoms with Crippen LogP contribution in [0.25, 0.3) is 0 Å². The molecule has 0 aliphatic carbocycles. The van der Waals surface area contributed by atoms with Crippen molar-refractivity contribution in [2.75, 3.05) is 26.2 Å². The van der Waals surface area contributed by atoms with Crippen LogP contribution in [0.2, 0.25) is 0 Å². The normalized spacial score (nSPS) is 11.4. The number of hydrogen-bond donors (Lipinski definition) is 0. The number of halogens is 1. The van der Waals surface area contributed by atoms with Crippen molar-refractivity contribution < 1.29 is 21.5 Å². The van der Waals surface area contributed by atoms with Crippen molar-refractivity contribution in [1.82, 2.24) is 0 Å². The van der Waals surface area contributed by atoms with Gasteiger partial charge in [0.05, 0.1) is 26.2 Å². The first-order chi connectivity index (χ1) is 9.24. The van der Waals surface area contributed by atoms with E-state index in [0.717, 1.165) is 0 Å². The predicted molar refractivity (Wildman–Crippen MR) is 88.6 cm³/mol. The Kier molecular flexibility index (Phi) is 18.0. The van der Waals surface area contributed by atoms with Gasteiger partial charge in [0.1, 0.15) is 0 Å². The van der Waals surface area contributed by atoms with E-state index in [1.54, 1.807) is 0 Å². The first-order valence-electron chi connectivity index (χ1n) is 9.09. The van der Waals surface area contributed by atoms with Crippen LogP contribution in [0.15, 0.2) is 0 Å². The van der Waals surface area contributed by atoms with E-state index < -0.39 is 0 Å². The molecule has 0 unspecified atom stereocenters. The van der Waals surface area contributed by atoms with Gasteiger partial charge in [-0.3, -0.25) is 0 Å². The molecule has 20 heavy (non-hydrogen) atoms. The molecule has 0 N–H and O–H groups in total. The van der Waals surface area contributed by atoms with E-state index in [0.29, 0.717) is 0 Å². The molecule has 0 radical (unpaired) electrons. The second kappa shape index (κ2) is 15.8. The zero-order valence-corrected chi connectivity index (χ0v) is 16.3. The van der Waals surface area contributed by atoms with Gasteiger partial charge in [0.15, 0.2) is 0 Å². The molecule has 0 aliphatic heterocycles. The van der Waals surface area contributed by atoms with Gasteiger partial charge in [-0.15, -0.1) is 0 Å². The monoisotopic (exact) mass is 349 g/mol. The van der Waals surface area contributed by atoms with Gasteiger partial charge in [-0.1, -0.05) is 52.4 Å². The highest BCUT2D eigenvalue weighted by atomic mass is 79.9. The Morgan fingerprint density at radius 2 is 0.850 bits per heavy atom. The number of unbranched alkanes of at least 4 members (excludes halogenated alkanes) is 8. The summed E-state index contributed by atoms with van der Waals surface area (Å²) in [5.74, 6) is 0. The Morgan fingerprint density at radius 1 is 0.500 bits per heavy atom. The van der Waals surface area contributed by atoms with Crippen LogP contribution in [0, 0.1) is 0 Å². The molecule has 0 saturated carbocycles. The summed E-state index contributed by atoms with van der Waals surface area (Å²) in [4.78, 5) is 0. The van der Waals surface area contributed by atoms with Crippen LogP contribution in [0.1, 0.15) is 91.9 Å². The van der Waals surface area contributed by atoms with Crippen molar-refractivity contribution in [1.29, 1.82) is 0 Å². The van der Waals surface area contributed by atoms with E-state index in [1.807, 2.05) is 0 Å². The van der Waals surface area contributed by atoms with E-state index in [4.69, 9.17) is 0 Å². The standard InChI is InChI=1S/C18H40N.BrH/c1-5-9-11-13-15-17-19(7-3,8-4)18-16-14-12-10-6-2;/h5-18H2,1-4H3;1H/q+1;/p-1. The largest absolute Gasteiger partial charge is 1.00 e. The molecule has 0 rings (SSSR count). The summed E-state index contributed by atoms with van der Waals surface area (Å²) in [6.07, 6.45) is 14.2. The molecule has 0 spiro atoms. The van der Waals surface area contributed by atoms with Crippen LogP contribution in [-0.2, 0) is 0 Å². The summed E-state index contributed by atoms with van der Waals surface area (Å²) in [5, 5.41) is 0. The molecule has 1 nitrogen and oxygen atoms in total. The molecule has 0 aliphatic rings. The molecular formula is C18H40BrN. The van der Waals surface area contributed by atoms with Crippen LogP contribution in [-0.4, -0.2) is 30.7 Å². The molecule has 0 aromatic carbocycles. The van der Waals surface area contributed by atoms with Crippen LogP contribution in [0.3, 0.4) is 0 Å². The van der Waals surface area contributed by atoms with Gasteiger partial charge < -0.3 is 21.5 Å². The third-order valence-corrected chi connectivity index (χ3v) is 4.81. The van der Waals surface area contributed by atoms with Gasteiger partial charge in [-0.2, -0.15) is 0 Å². The molecule has 0 aromatic rings. The highest BCUT2D eigenvalue weighted by Gasteiger charge is 2.21. The van der Waals surface area contributed by atoms with E-state index in [2.05, 4.69) is 27.7 Å². The molecule has 0 fully saturated rings. The number of quaternary nitrogens is 1. The van der Waals surface area contributed by atoms with Crippen LogP contribution in [0.5, 0.6) is 0 Å². The second-order valence-electron chi connectivity index (χ2n) is 6.25. The summed E-state index contributed by atoms with van der Waals surface area (Å²) in [7, 11) is 0. The fourth-order valence-electron chi connectivity index (χ4n) is 3.07. The van der Waals surface area contributed by atoms with E-state index in [1.165, 1.54) is 94.9 Å². The van der Waals surface area contributed by atoms with Crippen LogP contribution >= 0.6 is 0 Å². The fraction of sp³-hybridized carbons (Fsp3) is 1.00. The number of nitrogens with zero attached hydrogens (tertiary/aromatic N) is 1. The van der Waals surface area contributed by atoms with Gasteiger partial charge >= 0.3 is 0 Å². The lowest BCUT2D eigenvalue weighted by atomic mass is 10.1. The van der Waals surface area contributed by atoms with Crippen molar-refractivity contribution in [2.45, 2.75) is 91.9 Å². The first kappa shape index (κ1) is 22.7. The lowest BCUT2D eigenvalue weighted by Gasteiger charge is -2.37. The summed E-state index contributed by atoms with van der Waals surface area (Å²) in [6.45, 7) is 14.9. The van der Waals surface area contributed by atoms with Gasteiger partial charge in [0, 0.05) is 0 Å². The van der Waals surface area contributed by atoms with Gasteiger partial charge in [0.25, 0.3) is 0 Å². The quantitative estimate of drug-likeness (QED) is 0.334. The molecule has 0 atom stereocenters. The lowest BCUT2D eigenvalue weighted by Crippen LogP contribution is -3.00. The minimum atomic E-state index is 0. The first-order valence-corrected chi connectivity index (χ1v) is 9.09. The van der Waals surface area contributed by atoms with Gasteiger partial charge in [-0.25, -0.2) is 0 Å². The second-order valence-corrected chi connectivity index (χ2v) is 6.25. The zero-order chi connectivity index (χ0) is 14.4. The van der Waals surface area contributed by atoms with Crippen LogP contribution in [0.4, 0.5) is 0 Å². The third-order valence-electron chi connectivity index (χ3n) is 4.81. The molecular weight excluding hydrogens is 310 g/mol. The smallest absolute Gasteiger partial charge is 0.0786 e. The Morgan fingerprint density at radius 3 is 1.15 bits per heavy atom. The maximum absolute atomic E-state index is 2.39. The Balaban J connectivity index is 0. The summed E-state index contributed by atoms with van der Waals surface area (Å²) >= 11 is 0. The maximum atomic E-state index is 2.39. The van der Waals surface area contributed by atoms with Crippen molar-refractivity contribution in [2.24, 2.45) is 0 Å². The third kappa shape index (κ3) is 11.1. The Bertz CT molecular complexity index is 162. The highest BCUT2D eigenvalue weighted by Crippen LogP contribution is 2.14. The maximum Gasteiger partial charge on any atom is 0.0786 e. The minimum absolute atomic E-state index is 0. The Hall–Kier alpha value is 0.440. The molecule has 0 amide bonds. The SMILES string of the molecule is CCCCCCC[N+](CC)(CC)CCCCCCC.[Br-]. The summed E-state index contributed by atoms with van der Waals surface area (Å²) in [5.41, 5.74) is 0. The molecule has 0 heterocycles. The zero-order valence-electron chi connectivity index (χ0n) is 14.7. The highest BCUT2D eigenvalue weighted by molar-refractivity contribution is 4.48. The van der Waals surface area contributed by atoms with E-state index in [9.17, 15) is 0 Å². The minimum Gasteiger partial charge on any atom is -1.00 e. The summed E-state index contributed by atoms with van der Waals surface area (Å²) < 4.78 is 1.37. The van der Waals surface area contributed by atoms with Gasteiger partial charge in [-0.05, 0) is 39.5 Å².